The Labute approximate surface area is 124 Å². The number of carboxylic acids is 1. The Hall–Kier alpha value is -2.13. The standard InChI is InChI=1S/C18H19NO2/c20-18(21)17-9-10-19(13-17)12-14-5-4-8-16(11-14)15-6-2-1-3-7-15/h1-8,11,17H,9-10,12-13H2,(H,20,21)/t17-/m0/s1. The number of rotatable bonds is 4. The molecule has 0 aliphatic carbocycles. The third-order valence-corrected chi connectivity index (χ3v) is 4.06. The maximum atomic E-state index is 11.0. The fourth-order valence-corrected chi connectivity index (χ4v) is 2.92. The topological polar surface area (TPSA) is 40.5 Å². The summed E-state index contributed by atoms with van der Waals surface area (Å²) in [6.45, 7) is 2.35. The number of carbonyl (C=O) groups is 1. The zero-order valence-electron chi connectivity index (χ0n) is 11.9. The van der Waals surface area contributed by atoms with E-state index < -0.39 is 5.97 Å². The van der Waals surface area contributed by atoms with Crippen molar-refractivity contribution in [2.45, 2.75) is 13.0 Å². The van der Waals surface area contributed by atoms with Gasteiger partial charge in [-0.3, -0.25) is 9.69 Å². The van der Waals surface area contributed by atoms with Gasteiger partial charge >= 0.3 is 5.97 Å². The Morgan fingerprint density at radius 1 is 1.10 bits per heavy atom. The highest BCUT2D eigenvalue weighted by Crippen LogP contribution is 2.23. The summed E-state index contributed by atoms with van der Waals surface area (Å²) in [7, 11) is 0. The number of carboxylic acid groups (broad SMARTS) is 1. The SMILES string of the molecule is O=C(O)[C@H]1CCN(Cc2cccc(-c3ccccc3)c2)C1. The monoisotopic (exact) mass is 281 g/mol. The molecule has 0 unspecified atom stereocenters. The van der Waals surface area contributed by atoms with Crippen LogP contribution >= 0.6 is 0 Å². The molecular formula is C18H19NO2. The summed E-state index contributed by atoms with van der Waals surface area (Å²) in [5.74, 6) is -0.877. The molecular weight excluding hydrogens is 262 g/mol. The largest absolute Gasteiger partial charge is 0.481 e. The molecule has 1 saturated heterocycles. The molecule has 3 rings (SSSR count). The van der Waals surface area contributed by atoms with Gasteiger partial charge in [0.15, 0.2) is 0 Å². The first-order valence-electron chi connectivity index (χ1n) is 7.32. The second-order valence-corrected chi connectivity index (χ2v) is 5.63. The van der Waals surface area contributed by atoms with Crippen molar-refractivity contribution in [3.8, 4) is 11.1 Å². The van der Waals surface area contributed by atoms with E-state index in [9.17, 15) is 4.79 Å². The van der Waals surface area contributed by atoms with E-state index in [4.69, 9.17) is 5.11 Å². The van der Waals surface area contributed by atoms with Crippen molar-refractivity contribution < 1.29 is 9.90 Å². The molecule has 1 aliphatic rings. The fourth-order valence-electron chi connectivity index (χ4n) is 2.92. The van der Waals surface area contributed by atoms with Gasteiger partial charge in [-0.15, -0.1) is 0 Å². The molecule has 3 nitrogen and oxygen atoms in total. The smallest absolute Gasteiger partial charge is 0.307 e. The van der Waals surface area contributed by atoms with Crippen molar-refractivity contribution in [1.82, 2.24) is 4.90 Å². The number of hydrogen-bond donors (Lipinski definition) is 1. The van der Waals surface area contributed by atoms with Gasteiger partial charge in [0.05, 0.1) is 5.92 Å². The lowest BCUT2D eigenvalue weighted by Crippen LogP contribution is -2.22. The second kappa shape index (κ2) is 6.10. The van der Waals surface area contributed by atoms with Crippen molar-refractivity contribution in [3.05, 3.63) is 60.2 Å². The highest BCUT2D eigenvalue weighted by Gasteiger charge is 2.27. The summed E-state index contributed by atoms with van der Waals surface area (Å²) >= 11 is 0. The molecule has 1 heterocycles. The molecule has 0 saturated carbocycles. The lowest BCUT2D eigenvalue weighted by atomic mass is 10.0. The highest BCUT2D eigenvalue weighted by molar-refractivity contribution is 5.70. The number of benzene rings is 2. The van der Waals surface area contributed by atoms with Crippen LogP contribution in [0.15, 0.2) is 54.6 Å². The van der Waals surface area contributed by atoms with Gasteiger partial charge in [-0.05, 0) is 35.7 Å². The molecule has 0 aromatic heterocycles. The minimum atomic E-state index is -0.671. The molecule has 1 aliphatic heterocycles. The second-order valence-electron chi connectivity index (χ2n) is 5.63. The first-order valence-corrected chi connectivity index (χ1v) is 7.32. The van der Waals surface area contributed by atoms with Crippen LogP contribution in [0.2, 0.25) is 0 Å². The molecule has 1 N–H and O–H groups in total. The van der Waals surface area contributed by atoms with Crippen molar-refractivity contribution in [2.75, 3.05) is 13.1 Å². The van der Waals surface area contributed by atoms with Crippen LogP contribution in [-0.4, -0.2) is 29.1 Å². The van der Waals surface area contributed by atoms with Crippen LogP contribution in [0.1, 0.15) is 12.0 Å². The van der Waals surface area contributed by atoms with Crippen LogP contribution in [0.4, 0.5) is 0 Å². The van der Waals surface area contributed by atoms with Gasteiger partial charge in [0.25, 0.3) is 0 Å². The molecule has 2 aromatic carbocycles. The zero-order chi connectivity index (χ0) is 14.7. The fraction of sp³-hybridized carbons (Fsp3) is 0.278. The first-order chi connectivity index (χ1) is 10.2. The highest BCUT2D eigenvalue weighted by atomic mass is 16.4. The zero-order valence-corrected chi connectivity index (χ0v) is 11.9. The van der Waals surface area contributed by atoms with Crippen LogP contribution in [0.5, 0.6) is 0 Å². The van der Waals surface area contributed by atoms with Gasteiger partial charge in [0, 0.05) is 13.1 Å². The predicted molar refractivity (Wildman–Crippen MR) is 82.9 cm³/mol. The molecule has 0 bridgehead atoms. The Bertz CT molecular complexity index is 624. The van der Waals surface area contributed by atoms with E-state index in [2.05, 4.69) is 41.3 Å². The predicted octanol–water partition coefficient (Wildman–Crippen LogP) is 3.26. The molecule has 2 aromatic rings. The summed E-state index contributed by atoms with van der Waals surface area (Å²) < 4.78 is 0. The molecule has 21 heavy (non-hydrogen) atoms. The molecule has 1 fully saturated rings. The Balaban J connectivity index is 1.71. The van der Waals surface area contributed by atoms with Gasteiger partial charge < -0.3 is 5.11 Å². The van der Waals surface area contributed by atoms with E-state index in [-0.39, 0.29) is 5.92 Å². The summed E-state index contributed by atoms with van der Waals surface area (Å²) in [5, 5.41) is 9.06. The molecule has 0 amide bonds. The first kappa shape index (κ1) is 13.8. The average Bonchev–Trinajstić information content (AvgIpc) is 2.97. The van der Waals surface area contributed by atoms with Gasteiger partial charge in [0.1, 0.15) is 0 Å². The minimum absolute atomic E-state index is 0.206. The van der Waals surface area contributed by atoms with E-state index in [1.165, 1.54) is 16.7 Å². The summed E-state index contributed by atoms with van der Waals surface area (Å²) in [5.41, 5.74) is 3.66. The van der Waals surface area contributed by atoms with Crippen molar-refractivity contribution in [3.63, 3.8) is 0 Å². The molecule has 1 atom stereocenters. The van der Waals surface area contributed by atoms with E-state index in [1.54, 1.807) is 0 Å². The third kappa shape index (κ3) is 3.31. The van der Waals surface area contributed by atoms with Gasteiger partial charge in [-0.1, -0.05) is 48.5 Å². The van der Waals surface area contributed by atoms with E-state index in [0.717, 1.165) is 19.5 Å². The summed E-state index contributed by atoms with van der Waals surface area (Å²) in [6, 6.07) is 18.8. The van der Waals surface area contributed by atoms with Crippen molar-refractivity contribution >= 4 is 5.97 Å². The Morgan fingerprint density at radius 2 is 1.86 bits per heavy atom. The van der Waals surface area contributed by atoms with Crippen LogP contribution < -0.4 is 0 Å². The number of nitrogens with zero attached hydrogens (tertiary/aromatic N) is 1. The normalized spacial score (nSPS) is 18.8. The minimum Gasteiger partial charge on any atom is -0.481 e. The van der Waals surface area contributed by atoms with Gasteiger partial charge in [0.2, 0.25) is 0 Å². The lowest BCUT2D eigenvalue weighted by molar-refractivity contribution is -0.141. The third-order valence-electron chi connectivity index (χ3n) is 4.06. The maximum absolute atomic E-state index is 11.0. The number of hydrogen-bond acceptors (Lipinski definition) is 2. The summed E-state index contributed by atoms with van der Waals surface area (Å²) in [6.07, 6.45) is 0.758. The number of aliphatic carboxylic acids is 1. The van der Waals surface area contributed by atoms with E-state index in [1.807, 2.05) is 18.2 Å². The molecule has 0 radical (unpaired) electrons. The van der Waals surface area contributed by atoms with E-state index >= 15 is 0 Å². The molecule has 0 spiro atoms. The Kier molecular flexibility index (Phi) is 4.02. The summed E-state index contributed by atoms with van der Waals surface area (Å²) in [4.78, 5) is 13.2. The molecule has 3 heteroatoms. The van der Waals surface area contributed by atoms with Crippen LogP contribution in [0.3, 0.4) is 0 Å². The lowest BCUT2D eigenvalue weighted by Gasteiger charge is -2.16. The van der Waals surface area contributed by atoms with Gasteiger partial charge in [-0.25, -0.2) is 0 Å². The van der Waals surface area contributed by atoms with Crippen LogP contribution in [0.25, 0.3) is 11.1 Å². The van der Waals surface area contributed by atoms with Crippen molar-refractivity contribution in [2.24, 2.45) is 5.92 Å². The van der Waals surface area contributed by atoms with Crippen LogP contribution in [0, 0.1) is 5.92 Å². The number of likely N-dealkylation sites (tertiary alicyclic amines) is 1. The Morgan fingerprint density at radius 3 is 2.57 bits per heavy atom. The van der Waals surface area contributed by atoms with Crippen molar-refractivity contribution in [1.29, 1.82) is 0 Å². The quantitative estimate of drug-likeness (QED) is 0.935. The van der Waals surface area contributed by atoms with E-state index in [0.29, 0.717) is 6.54 Å². The van der Waals surface area contributed by atoms with Crippen LogP contribution in [-0.2, 0) is 11.3 Å². The van der Waals surface area contributed by atoms with Gasteiger partial charge in [-0.2, -0.15) is 0 Å². The molecule has 108 valence electrons. The maximum Gasteiger partial charge on any atom is 0.307 e. The average molecular weight is 281 g/mol.